The molecule has 242 valence electrons. The Hall–Kier alpha value is -3.04. The average molecular weight is 695 g/mol. The molecule has 6 aromatic carbocycles. The van der Waals surface area contributed by atoms with Crippen molar-refractivity contribution in [2.24, 2.45) is 0 Å². The maximum atomic E-state index is 2.48. The molecule has 0 nitrogen and oxygen atoms in total. The fourth-order valence-electron chi connectivity index (χ4n) is 6.80. The van der Waals surface area contributed by atoms with E-state index in [4.69, 9.17) is 0 Å². The Labute approximate surface area is 297 Å². The molecular formula is C44H48FeP2. The first-order valence-electron chi connectivity index (χ1n) is 16.3. The monoisotopic (exact) mass is 694 g/mol. The second-order valence-corrected chi connectivity index (χ2v) is 17.8. The van der Waals surface area contributed by atoms with Crippen LogP contribution in [0.5, 0.6) is 0 Å². The third kappa shape index (κ3) is 9.32. The molecule has 0 aliphatic heterocycles. The van der Waals surface area contributed by atoms with Crippen molar-refractivity contribution in [2.75, 3.05) is 0 Å². The molecule has 1 atom stereocenters. The van der Waals surface area contributed by atoms with Gasteiger partial charge in [0.2, 0.25) is 0 Å². The van der Waals surface area contributed by atoms with Gasteiger partial charge in [-0.2, -0.15) is 29.8 Å². The van der Waals surface area contributed by atoms with Crippen LogP contribution in [0.2, 0.25) is 0 Å². The van der Waals surface area contributed by atoms with Crippen molar-refractivity contribution < 1.29 is 17.1 Å². The van der Waals surface area contributed by atoms with Gasteiger partial charge in [-0.3, -0.25) is 0 Å². The van der Waals surface area contributed by atoms with Gasteiger partial charge in [-0.25, -0.2) is 24.3 Å². The van der Waals surface area contributed by atoms with Gasteiger partial charge >= 0.3 is 17.1 Å². The molecule has 3 heteroatoms. The van der Waals surface area contributed by atoms with Gasteiger partial charge < -0.3 is 0 Å². The predicted molar refractivity (Wildman–Crippen MR) is 208 cm³/mol. The first-order valence-corrected chi connectivity index (χ1v) is 19.1. The maximum Gasteiger partial charge on any atom is 2.00 e. The summed E-state index contributed by atoms with van der Waals surface area (Å²) in [5, 5.41) is 7.35. The van der Waals surface area contributed by atoms with Crippen LogP contribution in [0.1, 0.15) is 62.7 Å². The van der Waals surface area contributed by atoms with E-state index in [2.05, 4.69) is 153 Å². The largest absolute Gasteiger partial charge is 2.00 e. The first kappa shape index (κ1) is 36.8. The van der Waals surface area contributed by atoms with Crippen molar-refractivity contribution >= 4 is 42.4 Å². The van der Waals surface area contributed by atoms with Gasteiger partial charge in [0.15, 0.2) is 0 Å². The Morgan fingerprint density at radius 3 is 1.15 bits per heavy atom. The van der Waals surface area contributed by atoms with Crippen LogP contribution in [0.3, 0.4) is 0 Å². The summed E-state index contributed by atoms with van der Waals surface area (Å²) >= 11 is 0. The third-order valence-corrected chi connectivity index (χ3v) is 13.5. The summed E-state index contributed by atoms with van der Waals surface area (Å²) in [6, 6.07) is 45.8. The summed E-state index contributed by atoms with van der Waals surface area (Å²) in [4.78, 5) is 0. The number of benzene rings is 4. The average Bonchev–Trinajstić information content (AvgIpc) is 3.68. The third-order valence-electron chi connectivity index (χ3n) is 8.36. The van der Waals surface area contributed by atoms with Gasteiger partial charge in [-0.15, -0.1) is 5.30 Å². The molecular weight excluding hydrogens is 646 g/mol. The molecule has 0 spiro atoms. The van der Waals surface area contributed by atoms with Gasteiger partial charge in [-0.05, 0) is 90.2 Å². The van der Waals surface area contributed by atoms with Crippen molar-refractivity contribution in [2.45, 2.75) is 68.0 Å². The molecule has 0 aromatic heterocycles. The standard InChI is InChI=1S/C39H43P2.C5H5.Fe/c1-25-13-26(2)18-34(17-25)40(35-19-27(3)14-28(4)20-35)33(9)38-11-10-12-39(38)41(36-21-29(5)15-30(6)22-36)37-23-31(7)16-32(8)24-37;1-2-4-5-3-1;/h10-24,33H,1-9H3;1-5H;/q2*-1;+2/t33-;;/m1../s1. The Bertz CT molecular complexity index is 1710. The van der Waals surface area contributed by atoms with Crippen LogP contribution in [0.25, 0.3) is 0 Å². The Balaban J connectivity index is 0.000000762. The van der Waals surface area contributed by atoms with E-state index in [1.807, 2.05) is 30.3 Å². The minimum absolute atomic E-state index is 0. The summed E-state index contributed by atoms with van der Waals surface area (Å²) in [5.41, 5.74) is 12.6. The van der Waals surface area contributed by atoms with Gasteiger partial charge in [-0.1, -0.05) is 132 Å². The second kappa shape index (κ2) is 16.4. The number of hydrogen-bond donors (Lipinski definition) is 0. The maximum absolute atomic E-state index is 2.48. The first-order chi connectivity index (χ1) is 22.0. The number of hydrogen-bond acceptors (Lipinski definition) is 0. The van der Waals surface area contributed by atoms with Gasteiger partial charge in [0.05, 0.1) is 0 Å². The van der Waals surface area contributed by atoms with Crippen LogP contribution < -0.4 is 26.5 Å². The van der Waals surface area contributed by atoms with E-state index in [0.29, 0.717) is 5.66 Å². The zero-order chi connectivity index (χ0) is 33.0. The van der Waals surface area contributed by atoms with Gasteiger partial charge in [0.1, 0.15) is 0 Å². The number of rotatable bonds is 7. The molecule has 47 heavy (non-hydrogen) atoms. The fraction of sp³-hybridized carbons (Fsp3) is 0.227. The van der Waals surface area contributed by atoms with Crippen LogP contribution in [-0.4, -0.2) is 0 Å². The van der Waals surface area contributed by atoms with Crippen LogP contribution in [-0.2, 0) is 17.1 Å². The Morgan fingerprint density at radius 2 is 0.830 bits per heavy atom. The van der Waals surface area contributed by atoms with E-state index in [0.717, 1.165) is 0 Å². The quantitative estimate of drug-likeness (QED) is 0.0887. The molecule has 0 fully saturated rings. The Morgan fingerprint density at radius 1 is 0.489 bits per heavy atom. The molecule has 0 aliphatic carbocycles. The molecule has 0 aliphatic rings. The Kier molecular flexibility index (Phi) is 12.8. The van der Waals surface area contributed by atoms with E-state index < -0.39 is 15.8 Å². The normalized spacial score (nSPS) is 11.6. The van der Waals surface area contributed by atoms with Crippen molar-refractivity contribution in [3.05, 3.63) is 171 Å². The molecule has 0 saturated carbocycles. The van der Waals surface area contributed by atoms with E-state index in [1.165, 1.54) is 76.6 Å². The van der Waals surface area contributed by atoms with Gasteiger partial charge in [0.25, 0.3) is 0 Å². The van der Waals surface area contributed by atoms with Crippen molar-refractivity contribution in [1.82, 2.24) is 0 Å². The van der Waals surface area contributed by atoms with E-state index in [1.54, 1.807) is 0 Å². The van der Waals surface area contributed by atoms with Crippen LogP contribution in [0, 0.1) is 55.4 Å². The summed E-state index contributed by atoms with van der Waals surface area (Å²) in [7, 11) is -1.32. The molecule has 0 radical (unpaired) electrons. The summed E-state index contributed by atoms with van der Waals surface area (Å²) < 4.78 is 0. The molecule has 0 heterocycles. The van der Waals surface area contributed by atoms with Gasteiger partial charge in [0, 0.05) is 0 Å². The minimum Gasteiger partial charge on any atom is -0.214 e. The van der Waals surface area contributed by atoms with E-state index >= 15 is 0 Å². The second-order valence-electron chi connectivity index (χ2n) is 13.1. The van der Waals surface area contributed by atoms with Crippen molar-refractivity contribution in [3.8, 4) is 0 Å². The summed E-state index contributed by atoms with van der Waals surface area (Å²) in [5.74, 6) is 0. The molecule has 0 N–H and O–H groups in total. The molecule has 0 amide bonds. The van der Waals surface area contributed by atoms with Crippen LogP contribution in [0.15, 0.2) is 121 Å². The fourth-order valence-corrected chi connectivity index (χ4v) is 12.9. The zero-order valence-corrected chi connectivity index (χ0v) is 32.3. The molecule has 0 unspecified atom stereocenters. The summed E-state index contributed by atoms with van der Waals surface area (Å²) in [6.45, 7) is 20.4. The molecule has 0 saturated heterocycles. The SMILES string of the molecule is Cc1cc(C)cc(P(c2cc(C)cc(C)c2)[c-]2cccc2[C@@H](C)P(c2cc(C)cc(C)c2)c2cc(C)cc(C)c2)c1.[Fe+2].c1cc[cH-]c1. The summed E-state index contributed by atoms with van der Waals surface area (Å²) in [6.07, 6.45) is 0. The minimum atomic E-state index is -0.704. The smallest absolute Gasteiger partial charge is 0.214 e. The van der Waals surface area contributed by atoms with Crippen LogP contribution in [0.4, 0.5) is 0 Å². The predicted octanol–water partition coefficient (Wildman–Crippen LogP) is 10.2. The van der Waals surface area contributed by atoms with E-state index in [9.17, 15) is 0 Å². The molecule has 6 aromatic rings. The van der Waals surface area contributed by atoms with E-state index in [-0.39, 0.29) is 17.1 Å². The van der Waals surface area contributed by atoms with Crippen molar-refractivity contribution in [1.29, 1.82) is 0 Å². The van der Waals surface area contributed by atoms with Crippen LogP contribution >= 0.6 is 15.8 Å². The zero-order valence-electron chi connectivity index (χ0n) is 29.4. The molecule has 6 rings (SSSR count). The topological polar surface area (TPSA) is 0 Å². The molecule has 0 bridgehead atoms. The van der Waals surface area contributed by atoms with Crippen molar-refractivity contribution in [3.63, 3.8) is 0 Å². The number of aryl methyl sites for hydroxylation is 8.